The second-order valence-corrected chi connectivity index (χ2v) is 8.14. The van der Waals surface area contributed by atoms with E-state index in [2.05, 4.69) is 5.32 Å². The number of nitrogens with zero attached hydrogens (tertiary/aromatic N) is 1. The second kappa shape index (κ2) is 9.69. The van der Waals surface area contributed by atoms with Gasteiger partial charge in [0, 0.05) is 25.2 Å². The van der Waals surface area contributed by atoms with E-state index in [9.17, 15) is 9.59 Å². The highest BCUT2D eigenvalue weighted by molar-refractivity contribution is 5.95. The zero-order valence-corrected chi connectivity index (χ0v) is 18.3. The highest BCUT2D eigenvalue weighted by Gasteiger charge is 2.43. The van der Waals surface area contributed by atoms with Crippen molar-refractivity contribution in [2.75, 3.05) is 20.2 Å². The molecule has 1 fully saturated rings. The minimum absolute atomic E-state index is 0.0148. The van der Waals surface area contributed by atoms with E-state index in [1.807, 2.05) is 65.6 Å². The Morgan fingerprint density at radius 1 is 0.875 bits per heavy atom. The predicted octanol–water partition coefficient (Wildman–Crippen LogP) is 4.19. The fourth-order valence-corrected chi connectivity index (χ4v) is 4.36. The van der Waals surface area contributed by atoms with E-state index in [-0.39, 0.29) is 11.8 Å². The number of ether oxygens (including phenoxy) is 1. The van der Waals surface area contributed by atoms with Crippen molar-refractivity contribution in [3.8, 4) is 5.75 Å². The molecule has 0 radical (unpaired) electrons. The lowest BCUT2D eigenvalue weighted by Crippen LogP contribution is -2.52. The molecule has 0 aliphatic carbocycles. The number of benzene rings is 3. The fourth-order valence-electron chi connectivity index (χ4n) is 4.36. The number of likely N-dealkylation sites (tertiary alicyclic amines) is 1. The molecule has 32 heavy (non-hydrogen) atoms. The molecular formula is C27H28N2O3. The van der Waals surface area contributed by atoms with E-state index in [1.54, 1.807) is 31.4 Å². The van der Waals surface area contributed by atoms with Crippen molar-refractivity contribution in [1.29, 1.82) is 0 Å². The third kappa shape index (κ3) is 4.52. The van der Waals surface area contributed by atoms with Gasteiger partial charge in [-0.1, -0.05) is 60.7 Å². The standard InChI is InChI=1S/C27H28N2O3/c1-32-24-14-12-22(13-15-24)25(30)29-18-16-27(17-19-29,23-10-6-3-7-11-23)26(31)28-20-21-8-4-2-5-9-21/h2-15H,16-20H2,1H3,(H,28,31). The molecule has 2 amide bonds. The van der Waals surface area contributed by atoms with Crippen LogP contribution in [-0.2, 0) is 16.8 Å². The van der Waals surface area contributed by atoms with E-state index in [4.69, 9.17) is 4.74 Å². The molecule has 0 unspecified atom stereocenters. The van der Waals surface area contributed by atoms with Gasteiger partial charge >= 0.3 is 0 Å². The first-order valence-corrected chi connectivity index (χ1v) is 10.9. The normalized spacial score (nSPS) is 15.1. The number of hydrogen-bond donors (Lipinski definition) is 1. The predicted molar refractivity (Wildman–Crippen MR) is 125 cm³/mol. The minimum Gasteiger partial charge on any atom is -0.497 e. The van der Waals surface area contributed by atoms with Crippen LogP contribution in [-0.4, -0.2) is 36.9 Å². The van der Waals surface area contributed by atoms with Crippen molar-refractivity contribution >= 4 is 11.8 Å². The van der Waals surface area contributed by atoms with Crippen LogP contribution in [0.5, 0.6) is 5.75 Å². The first kappa shape index (κ1) is 21.6. The van der Waals surface area contributed by atoms with Crippen molar-refractivity contribution < 1.29 is 14.3 Å². The average Bonchev–Trinajstić information content (AvgIpc) is 2.88. The molecular weight excluding hydrogens is 400 g/mol. The number of piperidine rings is 1. The summed E-state index contributed by atoms with van der Waals surface area (Å²) in [5, 5.41) is 3.14. The summed E-state index contributed by atoms with van der Waals surface area (Å²) in [5.74, 6) is 0.724. The first-order valence-electron chi connectivity index (χ1n) is 10.9. The van der Waals surface area contributed by atoms with Gasteiger partial charge in [0.25, 0.3) is 5.91 Å². The monoisotopic (exact) mass is 428 g/mol. The van der Waals surface area contributed by atoms with Gasteiger partial charge in [-0.2, -0.15) is 0 Å². The molecule has 3 aromatic rings. The van der Waals surface area contributed by atoms with Crippen LogP contribution in [0.2, 0.25) is 0 Å². The SMILES string of the molecule is COc1ccc(C(=O)N2CCC(C(=O)NCc3ccccc3)(c3ccccc3)CC2)cc1. The molecule has 5 heteroatoms. The Labute approximate surface area is 189 Å². The maximum atomic E-state index is 13.5. The number of carbonyl (C=O) groups excluding carboxylic acids is 2. The number of methoxy groups -OCH3 is 1. The van der Waals surface area contributed by atoms with Crippen molar-refractivity contribution in [3.63, 3.8) is 0 Å². The Morgan fingerprint density at radius 2 is 1.47 bits per heavy atom. The van der Waals surface area contributed by atoms with Crippen molar-refractivity contribution in [2.45, 2.75) is 24.8 Å². The van der Waals surface area contributed by atoms with Crippen LogP contribution in [0.15, 0.2) is 84.9 Å². The van der Waals surface area contributed by atoms with Gasteiger partial charge in [-0.15, -0.1) is 0 Å². The summed E-state index contributed by atoms with van der Waals surface area (Å²) in [5.41, 5.74) is 2.05. The minimum atomic E-state index is -0.646. The van der Waals surface area contributed by atoms with E-state index in [0.29, 0.717) is 38.0 Å². The van der Waals surface area contributed by atoms with Crippen LogP contribution in [0.1, 0.15) is 34.3 Å². The summed E-state index contributed by atoms with van der Waals surface area (Å²) in [6, 6.07) is 27.0. The highest BCUT2D eigenvalue weighted by atomic mass is 16.5. The number of hydrogen-bond acceptors (Lipinski definition) is 3. The van der Waals surface area contributed by atoms with Crippen LogP contribution in [0.3, 0.4) is 0 Å². The summed E-state index contributed by atoms with van der Waals surface area (Å²) in [4.78, 5) is 28.3. The van der Waals surface area contributed by atoms with Gasteiger partial charge in [0.2, 0.25) is 5.91 Å². The van der Waals surface area contributed by atoms with Crippen LogP contribution >= 0.6 is 0 Å². The van der Waals surface area contributed by atoms with Crippen molar-refractivity contribution in [1.82, 2.24) is 10.2 Å². The fraction of sp³-hybridized carbons (Fsp3) is 0.259. The zero-order chi connectivity index (χ0) is 22.4. The Morgan fingerprint density at radius 3 is 2.06 bits per heavy atom. The molecule has 1 aliphatic rings. The Hall–Kier alpha value is -3.60. The lowest BCUT2D eigenvalue weighted by Gasteiger charge is -2.41. The van der Waals surface area contributed by atoms with Crippen LogP contribution < -0.4 is 10.1 Å². The number of amides is 2. The molecule has 0 bridgehead atoms. The highest BCUT2D eigenvalue weighted by Crippen LogP contribution is 2.36. The maximum absolute atomic E-state index is 13.5. The molecule has 1 aliphatic heterocycles. The lowest BCUT2D eigenvalue weighted by atomic mass is 9.72. The van der Waals surface area contributed by atoms with Gasteiger partial charge in [0.05, 0.1) is 12.5 Å². The molecule has 1 N–H and O–H groups in total. The van der Waals surface area contributed by atoms with Crippen LogP contribution in [0, 0.1) is 0 Å². The van der Waals surface area contributed by atoms with Gasteiger partial charge in [0.15, 0.2) is 0 Å². The van der Waals surface area contributed by atoms with E-state index < -0.39 is 5.41 Å². The summed E-state index contributed by atoms with van der Waals surface area (Å²) in [6.45, 7) is 1.54. The first-order chi connectivity index (χ1) is 15.6. The van der Waals surface area contributed by atoms with Crippen molar-refractivity contribution in [2.24, 2.45) is 0 Å². The van der Waals surface area contributed by atoms with E-state index in [0.717, 1.165) is 16.9 Å². The second-order valence-electron chi connectivity index (χ2n) is 8.14. The summed E-state index contributed by atoms with van der Waals surface area (Å²) in [6.07, 6.45) is 1.17. The molecule has 1 saturated heterocycles. The van der Waals surface area contributed by atoms with Crippen LogP contribution in [0.25, 0.3) is 0 Å². The molecule has 0 saturated carbocycles. The molecule has 0 spiro atoms. The molecule has 0 aromatic heterocycles. The third-order valence-electron chi connectivity index (χ3n) is 6.30. The average molecular weight is 429 g/mol. The van der Waals surface area contributed by atoms with Gasteiger partial charge in [0.1, 0.15) is 5.75 Å². The van der Waals surface area contributed by atoms with Gasteiger partial charge in [-0.05, 0) is 48.2 Å². The smallest absolute Gasteiger partial charge is 0.253 e. The Bertz CT molecular complexity index is 1040. The number of rotatable bonds is 6. The van der Waals surface area contributed by atoms with Gasteiger partial charge < -0.3 is 15.0 Å². The molecule has 1 heterocycles. The van der Waals surface area contributed by atoms with E-state index >= 15 is 0 Å². The lowest BCUT2D eigenvalue weighted by molar-refractivity contribution is -0.128. The molecule has 4 rings (SSSR count). The Kier molecular flexibility index (Phi) is 6.55. The topological polar surface area (TPSA) is 58.6 Å². The van der Waals surface area contributed by atoms with Gasteiger partial charge in [-0.25, -0.2) is 0 Å². The molecule has 0 atom stereocenters. The van der Waals surface area contributed by atoms with Crippen LogP contribution in [0.4, 0.5) is 0 Å². The zero-order valence-electron chi connectivity index (χ0n) is 18.3. The summed E-state index contributed by atoms with van der Waals surface area (Å²) >= 11 is 0. The molecule has 5 nitrogen and oxygen atoms in total. The Balaban J connectivity index is 1.50. The third-order valence-corrected chi connectivity index (χ3v) is 6.30. The maximum Gasteiger partial charge on any atom is 0.253 e. The number of nitrogens with one attached hydrogen (secondary N) is 1. The molecule has 164 valence electrons. The quantitative estimate of drug-likeness (QED) is 0.641. The molecule has 3 aromatic carbocycles. The summed E-state index contributed by atoms with van der Waals surface area (Å²) < 4.78 is 5.18. The summed E-state index contributed by atoms with van der Waals surface area (Å²) in [7, 11) is 1.60. The van der Waals surface area contributed by atoms with Crippen molar-refractivity contribution in [3.05, 3.63) is 102 Å². The van der Waals surface area contributed by atoms with E-state index in [1.165, 1.54) is 0 Å². The van der Waals surface area contributed by atoms with Gasteiger partial charge in [-0.3, -0.25) is 9.59 Å². The number of carbonyl (C=O) groups is 2. The largest absolute Gasteiger partial charge is 0.497 e.